The van der Waals surface area contributed by atoms with Crippen molar-refractivity contribution < 1.29 is 4.79 Å². The quantitative estimate of drug-likeness (QED) is 0.788. The number of nitrogens with zero attached hydrogens (tertiary/aromatic N) is 2. The van der Waals surface area contributed by atoms with Crippen molar-refractivity contribution in [3.63, 3.8) is 0 Å². The van der Waals surface area contributed by atoms with Gasteiger partial charge in [0, 0.05) is 25.5 Å². The molecule has 92 valence electrons. The number of carbonyl (C=O) groups is 1. The molecule has 2 aliphatic rings. The van der Waals surface area contributed by atoms with E-state index in [-0.39, 0.29) is 11.8 Å². The third-order valence-electron chi connectivity index (χ3n) is 4.22. The molecule has 2 heterocycles. The molecule has 4 nitrogen and oxygen atoms in total. The van der Waals surface area contributed by atoms with E-state index < -0.39 is 0 Å². The largest absolute Gasteiger partial charge is 0.332 e. The molecule has 1 saturated carbocycles. The molecule has 1 saturated heterocycles. The summed E-state index contributed by atoms with van der Waals surface area (Å²) in [5.41, 5.74) is 0. The first-order valence-electron chi connectivity index (χ1n) is 6.53. The molecule has 3 unspecified atom stereocenters. The van der Waals surface area contributed by atoms with E-state index in [0.29, 0.717) is 17.8 Å². The Morgan fingerprint density at radius 1 is 1.47 bits per heavy atom. The summed E-state index contributed by atoms with van der Waals surface area (Å²) in [7, 11) is 1.88. The number of ketones is 1. The van der Waals surface area contributed by atoms with E-state index in [1.807, 2.05) is 17.8 Å². The molecule has 4 heteroatoms. The lowest BCUT2D eigenvalue weighted by atomic mass is 9.85. The first-order chi connectivity index (χ1) is 8.25. The zero-order valence-electron chi connectivity index (χ0n) is 10.2. The molecular formula is C13H19N3O. The van der Waals surface area contributed by atoms with Crippen LogP contribution in [0.25, 0.3) is 0 Å². The molecule has 2 fully saturated rings. The van der Waals surface area contributed by atoms with E-state index >= 15 is 0 Å². The Balaban J connectivity index is 1.74. The lowest BCUT2D eigenvalue weighted by Gasteiger charge is -2.24. The van der Waals surface area contributed by atoms with Crippen molar-refractivity contribution in [1.29, 1.82) is 0 Å². The van der Waals surface area contributed by atoms with E-state index in [0.717, 1.165) is 6.42 Å². The Morgan fingerprint density at radius 2 is 2.29 bits per heavy atom. The highest BCUT2D eigenvalue weighted by Crippen LogP contribution is 2.33. The van der Waals surface area contributed by atoms with Gasteiger partial charge in [-0.15, -0.1) is 0 Å². The van der Waals surface area contributed by atoms with Crippen LogP contribution >= 0.6 is 0 Å². The van der Waals surface area contributed by atoms with E-state index in [1.165, 1.54) is 25.7 Å². The van der Waals surface area contributed by atoms with Gasteiger partial charge >= 0.3 is 0 Å². The van der Waals surface area contributed by atoms with Gasteiger partial charge in [0.1, 0.15) is 0 Å². The first-order valence-corrected chi connectivity index (χ1v) is 6.53. The number of hydrogen-bond acceptors (Lipinski definition) is 3. The van der Waals surface area contributed by atoms with Crippen molar-refractivity contribution in [1.82, 2.24) is 14.9 Å². The highest BCUT2D eigenvalue weighted by molar-refractivity contribution is 5.97. The van der Waals surface area contributed by atoms with Crippen LogP contribution in [-0.2, 0) is 7.05 Å². The molecule has 1 aliphatic carbocycles. The van der Waals surface area contributed by atoms with E-state index in [1.54, 1.807) is 6.20 Å². The Kier molecular flexibility index (Phi) is 2.74. The molecule has 3 rings (SSSR count). The van der Waals surface area contributed by atoms with Crippen molar-refractivity contribution in [2.45, 2.75) is 44.2 Å². The van der Waals surface area contributed by atoms with E-state index in [4.69, 9.17) is 0 Å². The van der Waals surface area contributed by atoms with Crippen molar-refractivity contribution in [2.75, 3.05) is 0 Å². The van der Waals surface area contributed by atoms with Gasteiger partial charge in [0.05, 0.1) is 6.04 Å². The minimum atomic E-state index is -0.0100. The molecule has 1 aromatic rings. The number of imidazole rings is 1. The van der Waals surface area contributed by atoms with E-state index in [2.05, 4.69) is 10.3 Å². The molecule has 0 amide bonds. The molecule has 17 heavy (non-hydrogen) atoms. The maximum absolute atomic E-state index is 12.3. The van der Waals surface area contributed by atoms with Gasteiger partial charge in [-0.2, -0.15) is 0 Å². The standard InChI is InChI=1S/C13H19N3O/c1-16-7-6-14-13(16)12(17)11-8-9-4-2-3-5-10(9)15-11/h6-7,9-11,15H,2-5,8H2,1H3. The topological polar surface area (TPSA) is 46.9 Å². The molecule has 1 N–H and O–H groups in total. The van der Waals surface area contributed by atoms with Crippen LogP contribution in [-0.4, -0.2) is 27.4 Å². The van der Waals surface area contributed by atoms with Gasteiger partial charge < -0.3 is 9.88 Å². The Morgan fingerprint density at radius 3 is 3.00 bits per heavy atom. The van der Waals surface area contributed by atoms with Crippen LogP contribution in [0.1, 0.15) is 42.7 Å². The third-order valence-corrected chi connectivity index (χ3v) is 4.22. The number of fused-ring (bicyclic) bond motifs is 1. The monoisotopic (exact) mass is 233 g/mol. The molecule has 0 aromatic carbocycles. The fourth-order valence-corrected chi connectivity index (χ4v) is 3.28. The normalized spacial score (nSPS) is 32.4. The molecule has 0 bridgehead atoms. The third kappa shape index (κ3) is 1.90. The minimum absolute atomic E-state index is 0.0100. The summed E-state index contributed by atoms with van der Waals surface area (Å²) in [4.78, 5) is 16.5. The number of aromatic nitrogens is 2. The molecular weight excluding hydrogens is 214 g/mol. The van der Waals surface area contributed by atoms with Gasteiger partial charge in [-0.25, -0.2) is 4.98 Å². The summed E-state index contributed by atoms with van der Waals surface area (Å²) in [6.45, 7) is 0. The number of carbonyl (C=O) groups excluding carboxylic acids is 1. The molecule has 0 radical (unpaired) electrons. The molecule has 0 spiro atoms. The summed E-state index contributed by atoms with van der Waals surface area (Å²) >= 11 is 0. The van der Waals surface area contributed by atoms with Gasteiger partial charge in [-0.3, -0.25) is 4.79 Å². The van der Waals surface area contributed by atoms with Crippen LogP contribution in [0, 0.1) is 5.92 Å². The molecule has 3 atom stereocenters. The van der Waals surface area contributed by atoms with Gasteiger partial charge in [0.25, 0.3) is 0 Å². The van der Waals surface area contributed by atoms with Crippen LogP contribution in [0.5, 0.6) is 0 Å². The summed E-state index contributed by atoms with van der Waals surface area (Å²) in [5.74, 6) is 1.45. The average Bonchev–Trinajstić information content (AvgIpc) is 2.93. The van der Waals surface area contributed by atoms with Gasteiger partial charge in [-0.1, -0.05) is 12.8 Å². The van der Waals surface area contributed by atoms with Crippen LogP contribution in [0.3, 0.4) is 0 Å². The van der Waals surface area contributed by atoms with Crippen molar-refractivity contribution in [2.24, 2.45) is 13.0 Å². The first kappa shape index (κ1) is 11.0. The second-order valence-corrected chi connectivity index (χ2v) is 5.33. The lowest BCUT2D eigenvalue weighted by molar-refractivity contribution is 0.0935. The fourth-order valence-electron chi connectivity index (χ4n) is 3.28. The second kappa shape index (κ2) is 4.26. The zero-order chi connectivity index (χ0) is 11.8. The van der Waals surface area contributed by atoms with Crippen LogP contribution in [0.15, 0.2) is 12.4 Å². The Hall–Kier alpha value is -1.16. The second-order valence-electron chi connectivity index (χ2n) is 5.33. The van der Waals surface area contributed by atoms with Gasteiger partial charge in [0.15, 0.2) is 5.82 Å². The van der Waals surface area contributed by atoms with Crippen LogP contribution in [0.2, 0.25) is 0 Å². The Labute approximate surface area is 101 Å². The summed E-state index contributed by atoms with van der Waals surface area (Å²) < 4.78 is 1.81. The van der Waals surface area contributed by atoms with E-state index in [9.17, 15) is 4.79 Å². The molecule has 1 aliphatic heterocycles. The van der Waals surface area contributed by atoms with Gasteiger partial charge in [0.2, 0.25) is 5.78 Å². The minimum Gasteiger partial charge on any atom is -0.332 e. The van der Waals surface area contributed by atoms with Crippen LogP contribution < -0.4 is 5.32 Å². The number of aryl methyl sites for hydroxylation is 1. The van der Waals surface area contributed by atoms with Crippen molar-refractivity contribution in [3.05, 3.63) is 18.2 Å². The zero-order valence-corrected chi connectivity index (χ0v) is 10.2. The SMILES string of the molecule is Cn1ccnc1C(=O)C1CC2CCCCC2N1. The van der Waals surface area contributed by atoms with Crippen molar-refractivity contribution in [3.8, 4) is 0 Å². The maximum Gasteiger partial charge on any atom is 0.215 e. The average molecular weight is 233 g/mol. The van der Waals surface area contributed by atoms with Crippen LogP contribution in [0.4, 0.5) is 0 Å². The number of nitrogens with one attached hydrogen (secondary N) is 1. The molecule has 1 aromatic heterocycles. The summed E-state index contributed by atoms with van der Waals surface area (Å²) in [6, 6.07) is 0.558. The maximum atomic E-state index is 12.3. The number of Topliss-reactive ketones (excluding diaryl/α,β-unsaturated/α-hetero) is 1. The summed E-state index contributed by atoms with van der Waals surface area (Å²) in [6.07, 6.45) is 9.65. The lowest BCUT2D eigenvalue weighted by Crippen LogP contribution is -2.38. The predicted octanol–water partition coefficient (Wildman–Crippen LogP) is 1.52. The predicted molar refractivity (Wildman–Crippen MR) is 64.8 cm³/mol. The smallest absolute Gasteiger partial charge is 0.215 e. The highest BCUT2D eigenvalue weighted by atomic mass is 16.1. The van der Waals surface area contributed by atoms with Gasteiger partial charge in [-0.05, 0) is 25.2 Å². The van der Waals surface area contributed by atoms with Crippen molar-refractivity contribution >= 4 is 5.78 Å². The number of hydrogen-bond donors (Lipinski definition) is 1. The Bertz CT molecular complexity index is 412. The summed E-state index contributed by atoms with van der Waals surface area (Å²) in [5, 5.41) is 3.51. The highest BCUT2D eigenvalue weighted by Gasteiger charge is 2.39. The fraction of sp³-hybridized carbons (Fsp3) is 0.692. The number of rotatable bonds is 2.